The summed E-state index contributed by atoms with van der Waals surface area (Å²) in [4.78, 5) is 20.9. The second-order valence-corrected chi connectivity index (χ2v) is 5.25. The molecule has 0 radical (unpaired) electrons. The number of nitrogens with zero attached hydrogens (tertiary/aromatic N) is 2. The Labute approximate surface area is 128 Å². The number of hydrogen-bond acceptors (Lipinski definition) is 4. The lowest BCUT2D eigenvalue weighted by Gasteiger charge is -2.10. The summed E-state index contributed by atoms with van der Waals surface area (Å²) >= 11 is 0. The lowest BCUT2D eigenvalue weighted by atomic mass is 10.1. The van der Waals surface area contributed by atoms with E-state index in [0.717, 1.165) is 28.2 Å². The van der Waals surface area contributed by atoms with E-state index in [-0.39, 0.29) is 5.91 Å². The number of rotatable bonds is 3. The third-order valence-corrected chi connectivity index (χ3v) is 3.61. The molecule has 0 aliphatic carbocycles. The number of amides is 1. The first kappa shape index (κ1) is 14.3. The Morgan fingerprint density at radius 3 is 2.50 bits per heavy atom. The van der Waals surface area contributed by atoms with Crippen LogP contribution in [0, 0.1) is 20.8 Å². The van der Waals surface area contributed by atoms with Gasteiger partial charge in [0.2, 0.25) is 0 Å². The monoisotopic (exact) mass is 295 g/mol. The quantitative estimate of drug-likeness (QED) is 0.806. The molecule has 0 bridgehead atoms. The van der Waals surface area contributed by atoms with Crippen molar-refractivity contribution in [2.75, 3.05) is 0 Å². The van der Waals surface area contributed by atoms with Gasteiger partial charge in [-0.25, -0.2) is 9.97 Å². The van der Waals surface area contributed by atoms with Crippen molar-refractivity contribution in [3.8, 4) is 0 Å². The maximum atomic E-state index is 12.2. The molecule has 112 valence electrons. The van der Waals surface area contributed by atoms with Gasteiger partial charge in [-0.1, -0.05) is 18.2 Å². The molecule has 2 heterocycles. The van der Waals surface area contributed by atoms with E-state index in [0.29, 0.717) is 17.9 Å². The standard InChI is InChI=1S/C17H17N3O2/c1-10-14(11(2)20-12(3)19-10)9-18-17(21)16-8-13-6-4-5-7-15(13)22-16/h4-8H,9H2,1-3H3,(H,18,21). The van der Waals surface area contributed by atoms with Crippen molar-refractivity contribution in [3.05, 3.63) is 58.9 Å². The van der Waals surface area contributed by atoms with Crippen LogP contribution in [0.2, 0.25) is 0 Å². The molecule has 5 heteroatoms. The van der Waals surface area contributed by atoms with Crippen LogP contribution in [0.5, 0.6) is 0 Å². The van der Waals surface area contributed by atoms with Gasteiger partial charge in [-0.2, -0.15) is 0 Å². The van der Waals surface area contributed by atoms with E-state index in [9.17, 15) is 4.79 Å². The van der Waals surface area contributed by atoms with E-state index in [1.807, 2.05) is 45.0 Å². The highest BCUT2D eigenvalue weighted by Crippen LogP contribution is 2.19. The summed E-state index contributed by atoms with van der Waals surface area (Å²) in [5.41, 5.74) is 3.42. The van der Waals surface area contributed by atoms with Gasteiger partial charge in [-0.3, -0.25) is 4.79 Å². The van der Waals surface area contributed by atoms with Crippen molar-refractivity contribution in [3.63, 3.8) is 0 Å². The maximum absolute atomic E-state index is 12.2. The van der Waals surface area contributed by atoms with Crippen LogP contribution < -0.4 is 5.32 Å². The van der Waals surface area contributed by atoms with Gasteiger partial charge in [0.1, 0.15) is 11.4 Å². The Kier molecular flexibility index (Phi) is 3.63. The number of benzene rings is 1. The predicted molar refractivity (Wildman–Crippen MR) is 83.6 cm³/mol. The minimum Gasteiger partial charge on any atom is -0.451 e. The first-order valence-corrected chi connectivity index (χ1v) is 7.12. The van der Waals surface area contributed by atoms with Crippen LogP contribution in [0.4, 0.5) is 0 Å². The summed E-state index contributed by atoms with van der Waals surface area (Å²) < 4.78 is 5.55. The van der Waals surface area contributed by atoms with Gasteiger partial charge >= 0.3 is 0 Å². The van der Waals surface area contributed by atoms with Crippen molar-refractivity contribution in [2.24, 2.45) is 0 Å². The van der Waals surface area contributed by atoms with Gasteiger partial charge in [0.25, 0.3) is 5.91 Å². The topological polar surface area (TPSA) is 68.0 Å². The third-order valence-electron chi connectivity index (χ3n) is 3.61. The average molecular weight is 295 g/mol. The molecule has 3 aromatic rings. The molecule has 0 spiro atoms. The van der Waals surface area contributed by atoms with Crippen molar-refractivity contribution in [1.29, 1.82) is 0 Å². The molecule has 5 nitrogen and oxygen atoms in total. The van der Waals surface area contributed by atoms with Gasteiger partial charge in [-0.05, 0) is 32.9 Å². The molecule has 1 N–H and O–H groups in total. The number of carbonyl (C=O) groups is 1. The lowest BCUT2D eigenvalue weighted by Crippen LogP contribution is -2.23. The molecule has 0 atom stereocenters. The lowest BCUT2D eigenvalue weighted by molar-refractivity contribution is 0.0925. The van der Waals surface area contributed by atoms with Crippen LogP contribution in [0.15, 0.2) is 34.7 Å². The number of aryl methyl sites for hydroxylation is 3. The first-order valence-electron chi connectivity index (χ1n) is 7.12. The number of fused-ring (bicyclic) bond motifs is 1. The Balaban J connectivity index is 1.78. The van der Waals surface area contributed by atoms with Gasteiger partial charge < -0.3 is 9.73 Å². The van der Waals surface area contributed by atoms with Crippen molar-refractivity contribution >= 4 is 16.9 Å². The van der Waals surface area contributed by atoms with E-state index in [2.05, 4.69) is 15.3 Å². The summed E-state index contributed by atoms with van der Waals surface area (Å²) in [6.45, 7) is 6.08. The second-order valence-electron chi connectivity index (χ2n) is 5.25. The largest absolute Gasteiger partial charge is 0.451 e. The van der Waals surface area contributed by atoms with Crippen molar-refractivity contribution < 1.29 is 9.21 Å². The average Bonchev–Trinajstić information content (AvgIpc) is 2.89. The Morgan fingerprint density at radius 1 is 1.14 bits per heavy atom. The zero-order chi connectivity index (χ0) is 15.7. The molecule has 2 aromatic heterocycles. The predicted octanol–water partition coefficient (Wildman–Crippen LogP) is 3.08. The fraction of sp³-hybridized carbons (Fsp3) is 0.235. The summed E-state index contributed by atoms with van der Waals surface area (Å²) in [6, 6.07) is 9.29. The zero-order valence-electron chi connectivity index (χ0n) is 12.8. The molecule has 3 rings (SSSR count). The van der Waals surface area contributed by atoms with Crippen LogP contribution >= 0.6 is 0 Å². The molecule has 1 amide bonds. The van der Waals surface area contributed by atoms with Crippen LogP contribution in [-0.4, -0.2) is 15.9 Å². The molecule has 1 aromatic carbocycles. The number of furan rings is 1. The molecule has 0 saturated carbocycles. The highest BCUT2D eigenvalue weighted by atomic mass is 16.3. The number of carbonyl (C=O) groups excluding carboxylic acids is 1. The Morgan fingerprint density at radius 2 is 1.82 bits per heavy atom. The molecule has 0 aliphatic rings. The molecule has 0 saturated heterocycles. The smallest absolute Gasteiger partial charge is 0.287 e. The Bertz CT molecular complexity index is 796. The number of nitrogens with one attached hydrogen (secondary N) is 1. The minimum absolute atomic E-state index is 0.240. The fourth-order valence-electron chi connectivity index (χ4n) is 2.51. The molecule has 0 fully saturated rings. The van der Waals surface area contributed by atoms with E-state index < -0.39 is 0 Å². The number of aromatic nitrogens is 2. The molecule has 0 aliphatic heterocycles. The van der Waals surface area contributed by atoms with E-state index in [1.165, 1.54) is 0 Å². The first-order chi connectivity index (χ1) is 10.5. The van der Waals surface area contributed by atoms with E-state index >= 15 is 0 Å². The van der Waals surface area contributed by atoms with Crippen LogP contribution in [0.1, 0.15) is 33.3 Å². The Hall–Kier alpha value is -2.69. The normalized spacial score (nSPS) is 10.9. The van der Waals surface area contributed by atoms with E-state index in [4.69, 9.17) is 4.42 Å². The van der Waals surface area contributed by atoms with Crippen LogP contribution in [0.25, 0.3) is 11.0 Å². The fourth-order valence-corrected chi connectivity index (χ4v) is 2.51. The molecule has 22 heavy (non-hydrogen) atoms. The van der Waals surface area contributed by atoms with Crippen molar-refractivity contribution in [1.82, 2.24) is 15.3 Å². The van der Waals surface area contributed by atoms with Crippen molar-refractivity contribution in [2.45, 2.75) is 27.3 Å². The number of para-hydroxylation sites is 1. The highest BCUT2D eigenvalue weighted by molar-refractivity contribution is 5.96. The van der Waals surface area contributed by atoms with Gasteiger partial charge in [0, 0.05) is 28.9 Å². The summed E-state index contributed by atoms with van der Waals surface area (Å²) in [5.74, 6) is 0.808. The molecular formula is C17H17N3O2. The second kappa shape index (κ2) is 5.60. The van der Waals surface area contributed by atoms with Crippen LogP contribution in [0.3, 0.4) is 0 Å². The van der Waals surface area contributed by atoms with Gasteiger partial charge in [-0.15, -0.1) is 0 Å². The number of hydrogen-bond donors (Lipinski definition) is 1. The van der Waals surface area contributed by atoms with E-state index in [1.54, 1.807) is 6.07 Å². The summed E-state index contributed by atoms with van der Waals surface area (Å²) in [7, 11) is 0. The maximum Gasteiger partial charge on any atom is 0.287 e. The highest BCUT2D eigenvalue weighted by Gasteiger charge is 2.13. The molecular weight excluding hydrogens is 278 g/mol. The zero-order valence-corrected chi connectivity index (χ0v) is 12.8. The van der Waals surface area contributed by atoms with Gasteiger partial charge in [0.05, 0.1) is 0 Å². The SMILES string of the molecule is Cc1nc(C)c(CNC(=O)c2cc3ccccc3o2)c(C)n1. The third kappa shape index (κ3) is 2.70. The molecule has 0 unspecified atom stereocenters. The van der Waals surface area contributed by atoms with Gasteiger partial charge in [0.15, 0.2) is 5.76 Å². The van der Waals surface area contributed by atoms with Crippen LogP contribution in [-0.2, 0) is 6.54 Å². The minimum atomic E-state index is -0.240. The summed E-state index contributed by atoms with van der Waals surface area (Å²) in [6.07, 6.45) is 0. The summed E-state index contributed by atoms with van der Waals surface area (Å²) in [5, 5.41) is 3.78.